The molecular weight excluding hydrogens is 604 g/mol. The summed E-state index contributed by atoms with van der Waals surface area (Å²) in [6.07, 6.45) is 7.78. The van der Waals surface area contributed by atoms with E-state index in [4.69, 9.17) is 26.1 Å². The first-order valence-electron chi connectivity index (χ1n) is 15.9. The molecule has 8 heterocycles. The SMILES string of the molecule is O=C1CCCCc2c(Cl)cc3[nH]ncc3c2-c2ncc3c(nc(OC[C@@]45CCCN4C[C@H](F)C5)nc3c2F)N2CCC[C@@H](C2)O1. The highest BCUT2D eigenvalue weighted by Crippen LogP contribution is 2.42. The van der Waals surface area contributed by atoms with Crippen LogP contribution in [0.2, 0.25) is 5.02 Å². The number of nitrogens with zero attached hydrogens (tertiary/aromatic N) is 6. The molecule has 0 aliphatic carbocycles. The van der Waals surface area contributed by atoms with Gasteiger partial charge in [0.05, 0.1) is 29.2 Å². The van der Waals surface area contributed by atoms with Gasteiger partial charge in [0.2, 0.25) is 0 Å². The number of nitrogens with one attached hydrogen (secondary N) is 1. The van der Waals surface area contributed by atoms with Crippen molar-refractivity contribution < 1.29 is 23.0 Å². The minimum Gasteiger partial charge on any atom is -0.461 e. The monoisotopic (exact) mass is 637 g/mol. The summed E-state index contributed by atoms with van der Waals surface area (Å²) >= 11 is 6.79. The molecule has 0 radical (unpaired) electrons. The summed E-state index contributed by atoms with van der Waals surface area (Å²) < 4.78 is 43.6. The molecule has 236 valence electrons. The van der Waals surface area contributed by atoms with Gasteiger partial charge in [0, 0.05) is 48.1 Å². The molecular formula is C32H34ClF2N7O3. The largest absolute Gasteiger partial charge is 0.461 e. The van der Waals surface area contributed by atoms with Crippen LogP contribution >= 0.6 is 11.6 Å². The number of carbonyl (C=O) groups excluding carboxylic acids is 1. The number of carbonyl (C=O) groups is 1. The first kappa shape index (κ1) is 28.8. The summed E-state index contributed by atoms with van der Waals surface area (Å²) in [6.45, 7) is 2.49. The van der Waals surface area contributed by atoms with Crippen LogP contribution in [-0.4, -0.2) is 86.6 Å². The average Bonchev–Trinajstić information content (AvgIpc) is 3.72. The Morgan fingerprint density at radius 3 is 2.91 bits per heavy atom. The molecule has 9 rings (SSSR count). The van der Waals surface area contributed by atoms with Crippen LogP contribution < -0.4 is 9.64 Å². The second-order valence-corrected chi connectivity index (χ2v) is 13.2. The third-order valence-electron chi connectivity index (χ3n) is 9.94. The van der Waals surface area contributed by atoms with Crippen LogP contribution in [-0.2, 0) is 16.0 Å². The molecule has 10 nitrogen and oxygen atoms in total. The summed E-state index contributed by atoms with van der Waals surface area (Å²) in [5.74, 6) is -0.373. The Bertz CT molecular complexity index is 1800. The molecule has 0 amide bonds. The van der Waals surface area contributed by atoms with Crippen molar-refractivity contribution in [2.45, 2.75) is 75.6 Å². The molecule has 5 aliphatic heterocycles. The molecule has 1 aromatic carbocycles. The van der Waals surface area contributed by atoms with Crippen molar-refractivity contribution in [3.63, 3.8) is 0 Å². The van der Waals surface area contributed by atoms with Gasteiger partial charge in [-0.2, -0.15) is 15.1 Å². The molecule has 3 saturated heterocycles. The van der Waals surface area contributed by atoms with E-state index in [1.54, 1.807) is 18.5 Å². The van der Waals surface area contributed by atoms with Gasteiger partial charge < -0.3 is 14.4 Å². The van der Waals surface area contributed by atoms with Gasteiger partial charge in [0.25, 0.3) is 0 Å². The molecule has 1 N–H and O–H groups in total. The minimum atomic E-state index is -0.903. The van der Waals surface area contributed by atoms with Gasteiger partial charge in [0.1, 0.15) is 35.9 Å². The van der Waals surface area contributed by atoms with Gasteiger partial charge in [-0.05, 0) is 63.1 Å². The lowest BCUT2D eigenvalue weighted by atomic mass is 9.94. The third-order valence-corrected chi connectivity index (χ3v) is 10.3. The van der Waals surface area contributed by atoms with E-state index in [1.807, 2.05) is 4.90 Å². The highest BCUT2D eigenvalue weighted by Gasteiger charge is 2.49. The van der Waals surface area contributed by atoms with Crippen molar-refractivity contribution in [3.8, 4) is 17.3 Å². The maximum absolute atomic E-state index is 16.9. The number of piperidine rings is 1. The van der Waals surface area contributed by atoms with E-state index in [0.29, 0.717) is 78.0 Å². The summed E-state index contributed by atoms with van der Waals surface area (Å²) in [7, 11) is 0. The second-order valence-electron chi connectivity index (χ2n) is 12.8. The number of anilines is 1. The Morgan fingerprint density at radius 2 is 2.00 bits per heavy atom. The number of hydrogen-bond acceptors (Lipinski definition) is 9. The molecule has 0 spiro atoms. The number of hydrogen-bond donors (Lipinski definition) is 1. The number of fused-ring (bicyclic) bond motifs is 8. The minimum absolute atomic E-state index is 0.0251. The van der Waals surface area contributed by atoms with Gasteiger partial charge in [-0.25, -0.2) is 8.78 Å². The van der Waals surface area contributed by atoms with Crippen molar-refractivity contribution >= 4 is 45.2 Å². The first-order chi connectivity index (χ1) is 21.9. The zero-order chi connectivity index (χ0) is 30.7. The van der Waals surface area contributed by atoms with Gasteiger partial charge in [-0.15, -0.1) is 0 Å². The van der Waals surface area contributed by atoms with Crippen LogP contribution in [0.1, 0.15) is 56.9 Å². The van der Waals surface area contributed by atoms with E-state index >= 15 is 4.39 Å². The molecule has 6 bridgehead atoms. The molecule has 3 atom stereocenters. The van der Waals surface area contributed by atoms with E-state index < -0.39 is 17.5 Å². The highest BCUT2D eigenvalue weighted by atomic mass is 35.5. The summed E-state index contributed by atoms with van der Waals surface area (Å²) in [6, 6.07) is 1.81. The fourth-order valence-corrected chi connectivity index (χ4v) is 8.11. The van der Waals surface area contributed by atoms with Crippen molar-refractivity contribution in [1.82, 2.24) is 30.0 Å². The summed E-state index contributed by atoms with van der Waals surface area (Å²) in [5.41, 5.74) is 1.70. The van der Waals surface area contributed by atoms with E-state index in [9.17, 15) is 9.18 Å². The number of aromatic amines is 1. The fraction of sp³-hybridized carbons (Fsp3) is 0.531. The highest BCUT2D eigenvalue weighted by molar-refractivity contribution is 6.33. The van der Waals surface area contributed by atoms with E-state index in [0.717, 1.165) is 37.8 Å². The van der Waals surface area contributed by atoms with Crippen LogP contribution in [0.15, 0.2) is 18.5 Å². The zero-order valence-electron chi connectivity index (χ0n) is 24.8. The Hall–Kier alpha value is -3.64. The molecule has 3 fully saturated rings. The number of pyridine rings is 1. The summed E-state index contributed by atoms with van der Waals surface area (Å²) in [4.78, 5) is 31.1. The quantitative estimate of drug-likeness (QED) is 0.289. The zero-order valence-corrected chi connectivity index (χ0v) is 25.6. The summed E-state index contributed by atoms with van der Waals surface area (Å²) in [5, 5.41) is 8.71. The fourth-order valence-electron chi connectivity index (χ4n) is 7.81. The number of H-pyrrole nitrogens is 1. The smallest absolute Gasteiger partial charge is 0.319 e. The van der Waals surface area contributed by atoms with Gasteiger partial charge in [-0.3, -0.25) is 19.8 Å². The normalized spacial score (nSPS) is 25.7. The topological polar surface area (TPSA) is 109 Å². The van der Waals surface area contributed by atoms with Crippen LogP contribution in [0.5, 0.6) is 6.01 Å². The van der Waals surface area contributed by atoms with E-state index in [1.165, 1.54) is 0 Å². The Labute approximate surface area is 263 Å². The lowest BCUT2D eigenvalue weighted by molar-refractivity contribution is -0.149. The van der Waals surface area contributed by atoms with Crippen LogP contribution in [0.4, 0.5) is 14.6 Å². The number of aromatic nitrogens is 5. The molecule has 13 heteroatoms. The number of benzene rings is 1. The number of esters is 1. The molecule has 4 aromatic rings. The lowest BCUT2D eigenvalue weighted by Crippen LogP contribution is -2.43. The molecule has 3 aromatic heterocycles. The maximum atomic E-state index is 16.9. The maximum Gasteiger partial charge on any atom is 0.319 e. The number of rotatable bonds is 3. The predicted octanol–water partition coefficient (Wildman–Crippen LogP) is 5.55. The van der Waals surface area contributed by atoms with Crippen molar-refractivity contribution in [3.05, 3.63) is 34.9 Å². The lowest BCUT2D eigenvalue weighted by Gasteiger charge is -2.34. The molecule has 0 saturated carbocycles. The van der Waals surface area contributed by atoms with Crippen molar-refractivity contribution in [2.75, 3.05) is 37.7 Å². The first-order valence-corrected chi connectivity index (χ1v) is 16.2. The second kappa shape index (κ2) is 11.3. The van der Waals surface area contributed by atoms with E-state index in [2.05, 4.69) is 25.1 Å². The Kier molecular flexibility index (Phi) is 7.24. The van der Waals surface area contributed by atoms with Crippen molar-refractivity contribution in [2.24, 2.45) is 0 Å². The molecule has 45 heavy (non-hydrogen) atoms. The molecule has 5 aliphatic rings. The standard InChI is InChI=1S/C32H34ClF2N7O3/c33-23-11-24-21(14-37-40-24)26-20(23)6-1-2-7-25(43)45-19-5-3-9-41(16-19)30-22-13-36-29(26)27(35)28(22)38-31(39-30)44-17-32-8-4-10-42(32)15-18(34)12-32/h11,13-14,18-19H,1-10,12,15-17H2,(H,37,40)/t18-,19+,32+/m1/s1. The van der Waals surface area contributed by atoms with Crippen LogP contribution in [0.3, 0.4) is 0 Å². The van der Waals surface area contributed by atoms with Gasteiger partial charge in [-0.1, -0.05) is 11.6 Å². The van der Waals surface area contributed by atoms with Gasteiger partial charge in [0.15, 0.2) is 5.82 Å². The van der Waals surface area contributed by atoms with E-state index in [-0.39, 0.29) is 42.3 Å². The van der Waals surface area contributed by atoms with Crippen molar-refractivity contribution in [1.29, 1.82) is 0 Å². The average molecular weight is 638 g/mol. The number of alkyl halides is 1. The predicted molar refractivity (Wildman–Crippen MR) is 165 cm³/mol. The van der Waals surface area contributed by atoms with Gasteiger partial charge >= 0.3 is 12.0 Å². The number of ether oxygens (including phenoxy) is 2. The Balaban J connectivity index is 1.29. The van der Waals surface area contributed by atoms with Crippen LogP contribution in [0, 0.1) is 5.82 Å². The molecule has 0 unspecified atom stereocenters. The third kappa shape index (κ3) is 5.06. The Morgan fingerprint density at radius 1 is 1.11 bits per heavy atom. The number of halogens is 3. The van der Waals surface area contributed by atoms with Crippen LogP contribution in [0.25, 0.3) is 33.1 Å².